The van der Waals surface area contributed by atoms with E-state index in [1.54, 1.807) is 0 Å². The van der Waals surface area contributed by atoms with Gasteiger partial charge in [0.1, 0.15) is 13.2 Å². The van der Waals surface area contributed by atoms with Crippen LogP contribution < -0.4 is 0 Å². The van der Waals surface area contributed by atoms with Crippen molar-refractivity contribution in [1.82, 2.24) is 0 Å². The Hall–Kier alpha value is -2.89. The van der Waals surface area contributed by atoms with Crippen LogP contribution in [0.25, 0.3) is 0 Å². The Morgan fingerprint density at radius 1 is 0.368 bits per heavy atom. The maximum Gasteiger partial charge on any atom is 0.306 e. The third-order valence-electron chi connectivity index (χ3n) is 9.98. The van der Waals surface area contributed by atoms with Gasteiger partial charge < -0.3 is 14.2 Å². The predicted molar refractivity (Wildman–Crippen MR) is 242 cm³/mol. The van der Waals surface area contributed by atoms with Gasteiger partial charge in [0, 0.05) is 19.3 Å². The maximum atomic E-state index is 12.7. The quantitative estimate of drug-likeness (QED) is 0.0265. The molecule has 0 aromatic rings. The van der Waals surface area contributed by atoms with E-state index in [4.69, 9.17) is 14.2 Å². The van der Waals surface area contributed by atoms with E-state index in [1.165, 1.54) is 70.6 Å². The van der Waals surface area contributed by atoms with Crippen molar-refractivity contribution in [1.29, 1.82) is 0 Å². The van der Waals surface area contributed by atoms with Crippen LogP contribution >= 0.6 is 0 Å². The molecule has 0 rings (SSSR count). The molecule has 1 atom stereocenters. The van der Waals surface area contributed by atoms with Gasteiger partial charge in [0.2, 0.25) is 0 Å². The van der Waals surface area contributed by atoms with E-state index >= 15 is 0 Å². The zero-order valence-electron chi connectivity index (χ0n) is 37.3. The lowest BCUT2D eigenvalue weighted by molar-refractivity contribution is -0.167. The van der Waals surface area contributed by atoms with Crippen LogP contribution in [0.2, 0.25) is 0 Å². The van der Waals surface area contributed by atoms with Crippen molar-refractivity contribution in [2.24, 2.45) is 0 Å². The van der Waals surface area contributed by atoms with Crippen molar-refractivity contribution in [2.75, 3.05) is 13.2 Å². The number of carbonyl (C=O) groups is 3. The lowest BCUT2D eigenvalue weighted by Gasteiger charge is -2.18. The normalized spacial score (nSPS) is 12.5. The second kappa shape index (κ2) is 45.8. The van der Waals surface area contributed by atoms with Gasteiger partial charge in [-0.1, -0.05) is 171 Å². The molecule has 0 heterocycles. The summed E-state index contributed by atoms with van der Waals surface area (Å²) in [5.41, 5.74) is 0. The number of unbranched alkanes of at least 4 members (excludes halogenated alkanes) is 21. The summed E-state index contributed by atoms with van der Waals surface area (Å²) in [5, 5.41) is 0. The molecule has 0 saturated carbocycles. The van der Waals surface area contributed by atoms with E-state index in [0.717, 1.165) is 116 Å². The molecule has 0 bridgehead atoms. The van der Waals surface area contributed by atoms with Gasteiger partial charge in [-0.2, -0.15) is 0 Å². The van der Waals surface area contributed by atoms with Crippen LogP contribution in [0.1, 0.15) is 226 Å². The molecule has 0 N–H and O–H groups in total. The fraction of sp³-hybridized carbons (Fsp3) is 0.745. The average molecular weight is 797 g/mol. The summed E-state index contributed by atoms with van der Waals surface area (Å²) < 4.78 is 16.7. The molecule has 6 nitrogen and oxygen atoms in total. The van der Waals surface area contributed by atoms with Crippen molar-refractivity contribution in [3.63, 3.8) is 0 Å². The van der Waals surface area contributed by atoms with Crippen LogP contribution in [0.5, 0.6) is 0 Å². The minimum Gasteiger partial charge on any atom is -0.462 e. The summed E-state index contributed by atoms with van der Waals surface area (Å²) in [6, 6.07) is 0. The Balaban J connectivity index is 4.41. The molecular weight excluding hydrogens is 709 g/mol. The van der Waals surface area contributed by atoms with Crippen LogP contribution in [-0.2, 0) is 28.6 Å². The molecule has 0 saturated heterocycles. The minimum absolute atomic E-state index is 0.0909. The molecule has 57 heavy (non-hydrogen) atoms. The van der Waals surface area contributed by atoms with Crippen LogP contribution in [-0.4, -0.2) is 37.2 Å². The Bertz CT molecular complexity index is 1050. The molecule has 0 aliphatic rings. The van der Waals surface area contributed by atoms with Crippen molar-refractivity contribution >= 4 is 17.9 Å². The number of ether oxygens (including phenoxy) is 3. The first-order valence-corrected chi connectivity index (χ1v) is 23.8. The highest BCUT2D eigenvalue weighted by Crippen LogP contribution is 2.13. The number of carbonyl (C=O) groups excluding carboxylic acids is 3. The highest BCUT2D eigenvalue weighted by atomic mass is 16.6. The molecule has 0 aliphatic carbocycles. The fourth-order valence-corrected chi connectivity index (χ4v) is 6.37. The first kappa shape index (κ1) is 54.1. The van der Waals surface area contributed by atoms with Crippen molar-refractivity contribution in [2.45, 2.75) is 232 Å². The van der Waals surface area contributed by atoms with Gasteiger partial charge in [-0.15, -0.1) is 0 Å². The summed E-state index contributed by atoms with van der Waals surface area (Å²) in [4.78, 5) is 37.8. The summed E-state index contributed by atoms with van der Waals surface area (Å²) in [6.45, 7) is 6.43. The molecule has 6 heteroatoms. The molecule has 0 radical (unpaired) electrons. The minimum atomic E-state index is -0.789. The van der Waals surface area contributed by atoms with E-state index in [9.17, 15) is 14.4 Å². The van der Waals surface area contributed by atoms with Gasteiger partial charge in [0.25, 0.3) is 0 Å². The molecule has 1 unspecified atom stereocenters. The summed E-state index contributed by atoms with van der Waals surface area (Å²) in [7, 11) is 0. The smallest absolute Gasteiger partial charge is 0.306 e. The highest BCUT2D eigenvalue weighted by Gasteiger charge is 2.19. The van der Waals surface area contributed by atoms with Gasteiger partial charge in [-0.3, -0.25) is 14.4 Å². The average Bonchev–Trinajstić information content (AvgIpc) is 3.21. The van der Waals surface area contributed by atoms with E-state index in [2.05, 4.69) is 81.5 Å². The molecule has 0 spiro atoms. The summed E-state index contributed by atoms with van der Waals surface area (Å²) in [6.07, 6.45) is 54.9. The monoisotopic (exact) mass is 797 g/mol. The first-order valence-electron chi connectivity index (χ1n) is 23.8. The van der Waals surface area contributed by atoms with E-state index in [1.807, 2.05) is 0 Å². The molecule has 0 aliphatic heterocycles. The van der Waals surface area contributed by atoms with Crippen LogP contribution in [0, 0.1) is 0 Å². The van der Waals surface area contributed by atoms with Gasteiger partial charge >= 0.3 is 17.9 Å². The van der Waals surface area contributed by atoms with E-state index < -0.39 is 6.10 Å². The Labute approximate surface area is 351 Å². The van der Waals surface area contributed by atoms with Crippen molar-refractivity contribution in [3.05, 3.63) is 60.8 Å². The van der Waals surface area contributed by atoms with Gasteiger partial charge in [-0.05, 0) is 96.3 Å². The Morgan fingerprint density at radius 2 is 0.702 bits per heavy atom. The third-order valence-corrected chi connectivity index (χ3v) is 9.98. The molecule has 0 aromatic heterocycles. The second-order valence-electron chi connectivity index (χ2n) is 15.6. The van der Waals surface area contributed by atoms with Gasteiger partial charge in [0.15, 0.2) is 6.10 Å². The van der Waals surface area contributed by atoms with Gasteiger partial charge in [0.05, 0.1) is 0 Å². The number of esters is 3. The Morgan fingerprint density at radius 3 is 1.16 bits per heavy atom. The highest BCUT2D eigenvalue weighted by molar-refractivity contribution is 5.71. The number of rotatable bonds is 42. The molecule has 328 valence electrons. The molecular formula is C51H88O6. The fourth-order valence-electron chi connectivity index (χ4n) is 6.37. The van der Waals surface area contributed by atoms with Crippen LogP contribution in [0.4, 0.5) is 0 Å². The lowest BCUT2D eigenvalue weighted by atomic mass is 10.1. The number of hydrogen-bond donors (Lipinski definition) is 0. The predicted octanol–water partition coefficient (Wildman–Crippen LogP) is 15.3. The number of hydrogen-bond acceptors (Lipinski definition) is 6. The SMILES string of the molecule is CC/C=C\C/C=C\C/C=C\CCCCCCCCC(=O)OCC(COC(=O)CCCCCC/C=C\CCCC)OC(=O)CCCCC/C=C\CCCCCCCC. The zero-order chi connectivity index (χ0) is 41.5. The van der Waals surface area contributed by atoms with Crippen LogP contribution in [0.3, 0.4) is 0 Å². The van der Waals surface area contributed by atoms with E-state index in [0.29, 0.717) is 19.3 Å². The molecule has 0 amide bonds. The second-order valence-corrected chi connectivity index (χ2v) is 15.6. The van der Waals surface area contributed by atoms with Crippen molar-refractivity contribution in [3.8, 4) is 0 Å². The first-order chi connectivity index (χ1) is 28.0. The Kier molecular flexibility index (Phi) is 43.5. The zero-order valence-corrected chi connectivity index (χ0v) is 37.3. The standard InChI is InChI=1S/C51H88O6/c1-4-7-10-13-16-19-22-24-25-26-28-29-32-35-38-41-44-50(53)56-47-48(46-55-49(52)43-40-37-34-31-21-18-15-12-9-6-3)57-51(54)45-42-39-36-33-30-27-23-20-17-14-11-8-5-2/h7,10,15-16,18-19,24-25,27,30,48H,4-6,8-9,11-14,17,20-23,26,28-29,31-47H2,1-3H3/b10-7-,18-15-,19-16-,25-24-,30-27-. The topological polar surface area (TPSA) is 78.9 Å². The van der Waals surface area contributed by atoms with Crippen molar-refractivity contribution < 1.29 is 28.6 Å². The van der Waals surface area contributed by atoms with Gasteiger partial charge in [-0.25, -0.2) is 0 Å². The maximum absolute atomic E-state index is 12.7. The molecule has 0 aromatic carbocycles. The lowest BCUT2D eigenvalue weighted by Crippen LogP contribution is -2.30. The number of allylic oxidation sites excluding steroid dienone is 10. The summed E-state index contributed by atoms with van der Waals surface area (Å²) >= 11 is 0. The molecule has 0 fully saturated rings. The van der Waals surface area contributed by atoms with Crippen LogP contribution in [0.15, 0.2) is 60.8 Å². The third kappa shape index (κ3) is 44.1. The largest absolute Gasteiger partial charge is 0.462 e. The summed E-state index contributed by atoms with van der Waals surface area (Å²) in [5.74, 6) is -0.935. The van der Waals surface area contributed by atoms with E-state index in [-0.39, 0.29) is 31.1 Å².